The van der Waals surface area contributed by atoms with Crippen LogP contribution in [0.4, 0.5) is 0 Å². The van der Waals surface area contributed by atoms with Gasteiger partial charge in [-0.15, -0.1) is 6.58 Å². The van der Waals surface area contributed by atoms with Gasteiger partial charge in [0.05, 0.1) is 6.61 Å². The van der Waals surface area contributed by atoms with E-state index in [4.69, 9.17) is 4.43 Å². The minimum atomic E-state index is -1.83. The van der Waals surface area contributed by atoms with Gasteiger partial charge >= 0.3 is 0 Å². The second-order valence-electron chi connectivity index (χ2n) is 6.62. The maximum atomic E-state index is 9.46. The number of rotatable bonds is 8. The number of hydrogen-bond donors (Lipinski definition) is 1. The van der Waals surface area contributed by atoms with Crippen molar-refractivity contribution in [3.05, 3.63) is 12.7 Å². The molecule has 0 saturated carbocycles. The van der Waals surface area contributed by atoms with Crippen molar-refractivity contribution in [3.8, 4) is 0 Å². The molecule has 108 valence electrons. The van der Waals surface area contributed by atoms with Crippen LogP contribution in [0.15, 0.2) is 12.7 Å². The standard InChI is InChI=1S/C15H32O2Si/c1-9-15(8,10-16)11-17-18(12(2)3,13(4)5)14(6)7/h9,12-14,16H,1,10-11H2,2-8H3. The van der Waals surface area contributed by atoms with Crippen LogP contribution in [0.2, 0.25) is 16.6 Å². The summed E-state index contributed by atoms with van der Waals surface area (Å²) in [5.74, 6) is 0. The first-order valence-corrected chi connectivity index (χ1v) is 9.18. The lowest BCUT2D eigenvalue weighted by atomic mass is 9.94. The van der Waals surface area contributed by atoms with Crippen molar-refractivity contribution in [2.24, 2.45) is 5.41 Å². The third kappa shape index (κ3) is 3.69. The van der Waals surface area contributed by atoms with Gasteiger partial charge < -0.3 is 9.53 Å². The van der Waals surface area contributed by atoms with Crippen LogP contribution in [0.25, 0.3) is 0 Å². The highest BCUT2D eigenvalue weighted by atomic mass is 28.4. The van der Waals surface area contributed by atoms with E-state index < -0.39 is 8.32 Å². The molecule has 0 radical (unpaired) electrons. The Balaban J connectivity index is 5.08. The summed E-state index contributed by atoms with van der Waals surface area (Å²) in [4.78, 5) is 0. The molecule has 0 fully saturated rings. The Labute approximate surface area is 115 Å². The van der Waals surface area contributed by atoms with Crippen molar-refractivity contribution in [2.75, 3.05) is 13.2 Å². The number of aliphatic hydroxyl groups excluding tert-OH is 1. The number of aliphatic hydroxyl groups is 1. The molecule has 1 unspecified atom stereocenters. The second-order valence-corrected chi connectivity index (χ2v) is 12.1. The van der Waals surface area contributed by atoms with Crippen LogP contribution in [0.3, 0.4) is 0 Å². The van der Waals surface area contributed by atoms with Crippen LogP contribution in [0.5, 0.6) is 0 Å². The summed E-state index contributed by atoms with van der Waals surface area (Å²) in [7, 11) is -1.83. The third-order valence-electron chi connectivity index (χ3n) is 4.21. The molecule has 2 nitrogen and oxygen atoms in total. The quantitative estimate of drug-likeness (QED) is 0.525. The van der Waals surface area contributed by atoms with E-state index in [2.05, 4.69) is 48.1 Å². The van der Waals surface area contributed by atoms with Crippen LogP contribution in [0, 0.1) is 5.41 Å². The van der Waals surface area contributed by atoms with Gasteiger partial charge in [-0.2, -0.15) is 0 Å². The summed E-state index contributed by atoms with van der Waals surface area (Å²) in [6.45, 7) is 20.1. The van der Waals surface area contributed by atoms with Crippen LogP contribution in [-0.2, 0) is 4.43 Å². The molecule has 0 aromatic heterocycles. The van der Waals surface area contributed by atoms with Crippen LogP contribution in [-0.4, -0.2) is 26.6 Å². The van der Waals surface area contributed by atoms with Gasteiger partial charge in [0.2, 0.25) is 0 Å². The van der Waals surface area contributed by atoms with Crippen molar-refractivity contribution in [2.45, 2.75) is 65.1 Å². The Kier molecular flexibility index (Phi) is 6.83. The van der Waals surface area contributed by atoms with Crippen molar-refractivity contribution in [3.63, 3.8) is 0 Å². The van der Waals surface area contributed by atoms with Crippen LogP contribution < -0.4 is 0 Å². The molecule has 0 spiro atoms. The highest BCUT2D eigenvalue weighted by Gasteiger charge is 2.45. The fraction of sp³-hybridized carbons (Fsp3) is 0.867. The van der Waals surface area contributed by atoms with Crippen LogP contribution in [0.1, 0.15) is 48.5 Å². The van der Waals surface area contributed by atoms with E-state index >= 15 is 0 Å². The molecular weight excluding hydrogens is 240 g/mol. The topological polar surface area (TPSA) is 29.5 Å². The zero-order valence-corrected chi connectivity index (χ0v) is 14.3. The number of hydrogen-bond acceptors (Lipinski definition) is 2. The fourth-order valence-electron chi connectivity index (χ4n) is 2.96. The van der Waals surface area contributed by atoms with Crippen molar-refractivity contribution >= 4 is 8.32 Å². The minimum Gasteiger partial charge on any atom is -0.415 e. The maximum Gasteiger partial charge on any atom is 0.200 e. The molecule has 18 heavy (non-hydrogen) atoms. The molecule has 0 bridgehead atoms. The predicted octanol–water partition coefficient (Wildman–Crippen LogP) is 4.36. The molecule has 0 saturated heterocycles. The zero-order chi connectivity index (χ0) is 14.6. The van der Waals surface area contributed by atoms with Crippen molar-refractivity contribution in [1.29, 1.82) is 0 Å². The summed E-state index contributed by atoms with van der Waals surface area (Å²) in [5, 5.41) is 9.46. The van der Waals surface area contributed by atoms with Gasteiger partial charge in [-0.3, -0.25) is 0 Å². The van der Waals surface area contributed by atoms with Gasteiger partial charge in [0.25, 0.3) is 0 Å². The Bertz CT molecular complexity index is 239. The van der Waals surface area contributed by atoms with E-state index in [9.17, 15) is 5.11 Å². The summed E-state index contributed by atoms with van der Waals surface area (Å²) >= 11 is 0. The fourth-order valence-corrected chi connectivity index (χ4v) is 8.54. The van der Waals surface area contributed by atoms with Gasteiger partial charge in [0.1, 0.15) is 0 Å². The van der Waals surface area contributed by atoms with Gasteiger partial charge in [-0.1, -0.05) is 54.5 Å². The molecule has 0 amide bonds. The van der Waals surface area contributed by atoms with Gasteiger partial charge in [0.15, 0.2) is 8.32 Å². The first-order chi connectivity index (χ1) is 8.16. The second kappa shape index (κ2) is 6.87. The normalized spacial score (nSPS) is 16.4. The third-order valence-corrected chi connectivity index (χ3v) is 10.3. The van der Waals surface area contributed by atoms with Crippen molar-refractivity contribution < 1.29 is 9.53 Å². The Hall–Kier alpha value is -0.123. The highest BCUT2D eigenvalue weighted by Crippen LogP contribution is 2.43. The molecule has 0 rings (SSSR count). The summed E-state index contributed by atoms with van der Waals surface area (Å²) in [6, 6.07) is 0. The van der Waals surface area contributed by atoms with E-state index in [1.807, 2.05) is 13.0 Å². The van der Waals surface area contributed by atoms with E-state index in [-0.39, 0.29) is 12.0 Å². The molecule has 3 heteroatoms. The summed E-state index contributed by atoms with van der Waals surface area (Å²) in [5.41, 5.74) is 1.40. The summed E-state index contributed by atoms with van der Waals surface area (Å²) < 4.78 is 6.47. The first-order valence-electron chi connectivity index (χ1n) is 7.04. The maximum absolute atomic E-state index is 9.46. The molecule has 0 aliphatic carbocycles. The van der Waals surface area contributed by atoms with Crippen LogP contribution >= 0.6 is 0 Å². The Morgan fingerprint density at radius 2 is 1.50 bits per heavy atom. The smallest absolute Gasteiger partial charge is 0.200 e. The molecule has 0 heterocycles. The minimum absolute atomic E-state index is 0.0925. The zero-order valence-electron chi connectivity index (χ0n) is 13.3. The van der Waals surface area contributed by atoms with Gasteiger partial charge in [-0.05, 0) is 16.6 Å². The molecular formula is C15H32O2Si. The molecule has 0 aromatic rings. The lowest BCUT2D eigenvalue weighted by Crippen LogP contribution is -2.49. The lowest BCUT2D eigenvalue weighted by molar-refractivity contribution is 0.110. The Morgan fingerprint density at radius 3 is 1.72 bits per heavy atom. The SMILES string of the molecule is C=CC(C)(CO)CO[Si](C(C)C)(C(C)C)C(C)C. The largest absolute Gasteiger partial charge is 0.415 e. The summed E-state index contributed by atoms with van der Waals surface area (Å²) in [6.07, 6.45) is 1.81. The monoisotopic (exact) mass is 272 g/mol. The van der Waals surface area contributed by atoms with Gasteiger partial charge in [0, 0.05) is 12.0 Å². The molecule has 1 atom stereocenters. The molecule has 0 aliphatic heterocycles. The average molecular weight is 273 g/mol. The average Bonchev–Trinajstić information content (AvgIpc) is 2.28. The molecule has 1 N–H and O–H groups in total. The Morgan fingerprint density at radius 1 is 1.11 bits per heavy atom. The van der Waals surface area contributed by atoms with Crippen molar-refractivity contribution in [1.82, 2.24) is 0 Å². The predicted molar refractivity (Wildman–Crippen MR) is 82.4 cm³/mol. The highest BCUT2D eigenvalue weighted by molar-refractivity contribution is 6.77. The van der Waals surface area contributed by atoms with E-state index in [1.54, 1.807) is 0 Å². The van der Waals surface area contributed by atoms with E-state index in [0.717, 1.165) is 0 Å². The van der Waals surface area contributed by atoms with E-state index in [0.29, 0.717) is 23.2 Å². The lowest BCUT2D eigenvalue weighted by Gasteiger charge is -2.44. The first kappa shape index (κ1) is 17.9. The van der Waals surface area contributed by atoms with E-state index in [1.165, 1.54) is 0 Å². The van der Waals surface area contributed by atoms with Gasteiger partial charge in [-0.25, -0.2) is 0 Å². The molecule has 0 aromatic carbocycles. The molecule has 0 aliphatic rings.